The SMILES string of the molecule is N#Cc1ccc(-c2cncc3c2OCCN3C(=O)C2CN(Cc3cccc(F)c3)C2)cc1. The second kappa shape index (κ2) is 8.40. The monoisotopic (exact) mass is 428 g/mol. The smallest absolute Gasteiger partial charge is 0.232 e. The molecule has 5 rings (SSSR count). The Morgan fingerprint density at radius 2 is 2.00 bits per heavy atom. The quantitative estimate of drug-likeness (QED) is 0.635. The lowest BCUT2D eigenvalue weighted by Gasteiger charge is -2.41. The van der Waals surface area contributed by atoms with Crippen molar-refractivity contribution in [2.24, 2.45) is 5.92 Å². The van der Waals surface area contributed by atoms with Crippen molar-refractivity contribution >= 4 is 11.6 Å². The maximum atomic E-state index is 13.4. The first-order chi connectivity index (χ1) is 15.6. The fourth-order valence-corrected chi connectivity index (χ4v) is 4.27. The molecule has 2 aliphatic heterocycles. The van der Waals surface area contributed by atoms with E-state index in [-0.39, 0.29) is 17.6 Å². The van der Waals surface area contributed by atoms with E-state index in [9.17, 15) is 9.18 Å². The molecule has 0 unspecified atom stereocenters. The highest BCUT2D eigenvalue weighted by molar-refractivity contribution is 5.99. The summed E-state index contributed by atoms with van der Waals surface area (Å²) >= 11 is 0. The first kappa shape index (κ1) is 20.2. The van der Waals surface area contributed by atoms with Gasteiger partial charge in [0.1, 0.15) is 18.1 Å². The van der Waals surface area contributed by atoms with Gasteiger partial charge >= 0.3 is 0 Å². The number of nitriles is 1. The molecule has 2 aliphatic rings. The minimum atomic E-state index is -0.244. The summed E-state index contributed by atoms with van der Waals surface area (Å²) in [4.78, 5) is 21.5. The molecule has 6 nitrogen and oxygen atoms in total. The van der Waals surface area contributed by atoms with Crippen molar-refractivity contribution in [1.29, 1.82) is 5.26 Å². The molecule has 0 bridgehead atoms. The number of aromatic nitrogens is 1. The molecule has 0 saturated carbocycles. The molecule has 1 saturated heterocycles. The van der Waals surface area contributed by atoms with E-state index in [0.717, 1.165) is 16.7 Å². The summed E-state index contributed by atoms with van der Waals surface area (Å²) in [6.45, 7) is 2.80. The van der Waals surface area contributed by atoms with Crippen LogP contribution in [0.5, 0.6) is 5.75 Å². The molecule has 0 atom stereocenters. The van der Waals surface area contributed by atoms with Crippen LogP contribution in [0.4, 0.5) is 10.1 Å². The third kappa shape index (κ3) is 3.81. The number of carbonyl (C=O) groups excluding carboxylic acids is 1. The van der Waals surface area contributed by atoms with Crippen molar-refractivity contribution in [1.82, 2.24) is 9.88 Å². The van der Waals surface area contributed by atoms with Gasteiger partial charge < -0.3 is 9.64 Å². The van der Waals surface area contributed by atoms with Gasteiger partial charge in [0.2, 0.25) is 5.91 Å². The standard InChI is InChI=1S/C25H21FN4O2/c26-21-3-1-2-18(10-21)14-29-15-20(16-29)25(31)30-8-9-32-24-22(12-28-13-23(24)30)19-6-4-17(11-27)5-7-19/h1-7,10,12-13,20H,8-9,14-16H2. The molecule has 3 heterocycles. The topological polar surface area (TPSA) is 69.5 Å². The number of nitrogens with zero attached hydrogens (tertiary/aromatic N) is 4. The van der Waals surface area contributed by atoms with Gasteiger partial charge in [-0.15, -0.1) is 0 Å². The van der Waals surface area contributed by atoms with Crippen LogP contribution in [0.2, 0.25) is 0 Å². The summed E-state index contributed by atoms with van der Waals surface area (Å²) < 4.78 is 19.4. The van der Waals surface area contributed by atoms with Gasteiger partial charge in [0, 0.05) is 31.4 Å². The zero-order valence-corrected chi connectivity index (χ0v) is 17.4. The van der Waals surface area contributed by atoms with Crippen LogP contribution >= 0.6 is 0 Å². The molecule has 160 valence electrons. The highest BCUT2D eigenvalue weighted by Crippen LogP contribution is 2.40. The fraction of sp³-hybridized carbons (Fsp3) is 0.240. The highest BCUT2D eigenvalue weighted by Gasteiger charge is 2.38. The Morgan fingerprint density at radius 1 is 1.19 bits per heavy atom. The van der Waals surface area contributed by atoms with Gasteiger partial charge in [0.05, 0.1) is 30.3 Å². The molecule has 1 fully saturated rings. The number of halogens is 1. The number of hydrogen-bond acceptors (Lipinski definition) is 5. The fourth-order valence-electron chi connectivity index (χ4n) is 4.27. The minimum Gasteiger partial charge on any atom is -0.489 e. The Hall–Kier alpha value is -3.76. The average Bonchev–Trinajstić information content (AvgIpc) is 2.80. The minimum absolute atomic E-state index is 0.0591. The maximum Gasteiger partial charge on any atom is 0.232 e. The number of hydrogen-bond donors (Lipinski definition) is 0. The predicted octanol–water partition coefficient (Wildman–Crippen LogP) is 3.62. The lowest BCUT2D eigenvalue weighted by atomic mass is 9.96. The summed E-state index contributed by atoms with van der Waals surface area (Å²) in [7, 11) is 0. The second-order valence-electron chi connectivity index (χ2n) is 8.08. The van der Waals surface area contributed by atoms with Gasteiger partial charge in [0.25, 0.3) is 0 Å². The largest absolute Gasteiger partial charge is 0.489 e. The number of pyridine rings is 1. The molecule has 0 spiro atoms. The van der Waals surface area contributed by atoms with Gasteiger partial charge in [0.15, 0.2) is 5.75 Å². The Labute approximate surface area is 185 Å². The van der Waals surface area contributed by atoms with Gasteiger partial charge in [-0.05, 0) is 35.4 Å². The van der Waals surface area contributed by atoms with E-state index in [1.807, 2.05) is 18.2 Å². The molecule has 1 amide bonds. The van der Waals surface area contributed by atoms with Crippen LogP contribution in [0.25, 0.3) is 11.1 Å². The molecule has 2 aromatic carbocycles. The zero-order chi connectivity index (χ0) is 22.1. The molecule has 32 heavy (non-hydrogen) atoms. The Kier molecular flexibility index (Phi) is 5.29. The normalized spacial score (nSPS) is 15.9. The summed E-state index contributed by atoms with van der Waals surface area (Å²) in [5.41, 5.74) is 3.84. The molecule has 0 N–H and O–H groups in total. The van der Waals surface area contributed by atoms with E-state index in [1.165, 1.54) is 12.1 Å². The molecular weight excluding hydrogens is 407 g/mol. The Morgan fingerprint density at radius 3 is 2.75 bits per heavy atom. The van der Waals surface area contributed by atoms with Crippen molar-refractivity contribution in [3.8, 4) is 22.9 Å². The molecule has 0 aliphatic carbocycles. The van der Waals surface area contributed by atoms with Crippen LogP contribution in [-0.2, 0) is 11.3 Å². The van der Waals surface area contributed by atoms with Crippen molar-refractivity contribution in [2.45, 2.75) is 6.54 Å². The molecule has 3 aromatic rings. The molecule has 7 heteroatoms. The van der Waals surface area contributed by atoms with E-state index in [1.54, 1.807) is 35.5 Å². The number of ether oxygens (including phenoxy) is 1. The van der Waals surface area contributed by atoms with E-state index >= 15 is 0 Å². The van der Waals surface area contributed by atoms with Gasteiger partial charge in [-0.3, -0.25) is 14.7 Å². The van der Waals surface area contributed by atoms with Gasteiger partial charge in [-0.2, -0.15) is 5.26 Å². The van der Waals surface area contributed by atoms with Crippen molar-refractivity contribution in [3.63, 3.8) is 0 Å². The highest BCUT2D eigenvalue weighted by atomic mass is 19.1. The van der Waals surface area contributed by atoms with E-state index in [2.05, 4.69) is 16.0 Å². The number of carbonyl (C=O) groups is 1. The number of benzene rings is 2. The maximum absolute atomic E-state index is 13.4. The third-order valence-corrected chi connectivity index (χ3v) is 5.92. The number of anilines is 1. The molecule has 1 aromatic heterocycles. The molecular formula is C25H21FN4O2. The summed E-state index contributed by atoms with van der Waals surface area (Å²) in [5, 5.41) is 9.03. The van der Waals surface area contributed by atoms with Gasteiger partial charge in [-0.1, -0.05) is 24.3 Å². The zero-order valence-electron chi connectivity index (χ0n) is 17.4. The van der Waals surface area contributed by atoms with E-state index in [0.29, 0.717) is 49.8 Å². The second-order valence-corrected chi connectivity index (χ2v) is 8.08. The Bertz CT molecular complexity index is 1200. The van der Waals surface area contributed by atoms with Crippen LogP contribution in [0.1, 0.15) is 11.1 Å². The van der Waals surface area contributed by atoms with Crippen LogP contribution in [-0.4, -0.2) is 42.0 Å². The van der Waals surface area contributed by atoms with Crippen molar-refractivity contribution in [2.75, 3.05) is 31.1 Å². The third-order valence-electron chi connectivity index (χ3n) is 5.92. The van der Waals surface area contributed by atoms with Crippen molar-refractivity contribution in [3.05, 3.63) is 77.9 Å². The van der Waals surface area contributed by atoms with Gasteiger partial charge in [-0.25, -0.2) is 4.39 Å². The Balaban J connectivity index is 1.31. The van der Waals surface area contributed by atoms with Crippen LogP contribution in [0, 0.1) is 23.1 Å². The van der Waals surface area contributed by atoms with Crippen LogP contribution < -0.4 is 9.64 Å². The number of rotatable bonds is 4. The van der Waals surface area contributed by atoms with Crippen LogP contribution in [0.15, 0.2) is 60.9 Å². The number of likely N-dealkylation sites (tertiary alicyclic amines) is 1. The summed E-state index contributed by atoms with van der Waals surface area (Å²) in [5.74, 6) is 0.350. The number of fused-ring (bicyclic) bond motifs is 1. The lowest BCUT2D eigenvalue weighted by molar-refractivity contribution is -0.128. The van der Waals surface area contributed by atoms with Crippen molar-refractivity contribution < 1.29 is 13.9 Å². The summed E-state index contributed by atoms with van der Waals surface area (Å²) in [6, 6.07) is 15.9. The first-order valence-corrected chi connectivity index (χ1v) is 10.5. The van der Waals surface area contributed by atoms with E-state index < -0.39 is 0 Å². The number of amides is 1. The lowest BCUT2D eigenvalue weighted by Crippen LogP contribution is -2.55. The summed E-state index contributed by atoms with van der Waals surface area (Å²) in [6.07, 6.45) is 3.39. The first-order valence-electron chi connectivity index (χ1n) is 10.5. The van der Waals surface area contributed by atoms with E-state index in [4.69, 9.17) is 10.00 Å². The van der Waals surface area contributed by atoms with Crippen LogP contribution in [0.3, 0.4) is 0 Å². The molecule has 0 radical (unpaired) electrons. The predicted molar refractivity (Wildman–Crippen MR) is 117 cm³/mol. The average molecular weight is 428 g/mol.